The van der Waals surface area contributed by atoms with E-state index in [4.69, 9.17) is 5.21 Å². The fourth-order valence-corrected chi connectivity index (χ4v) is 0.750. The van der Waals surface area contributed by atoms with E-state index in [-0.39, 0.29) is 11.3 Å². The molecule has 0 radical (unpaired) electrons. The van der Waals surface area contributed by atoms with Gasteiger partial charge in [0.2, 0.25) is 6.04 Å². The number of hydrogen-bond donors (Lipinski definition) is 1. The Morgan fingerprint density at radius 1 is 1.82 bits per heavy atom. The maximum atomic E-state index is 10.3. The molecule has 5 heteroatoms. The first kappa shape index (κ1) is 9.87. The van der Waals surface area contributed by atoms with Gasteiger partial charge in [0.25, 0.3) is 0 Å². The summed E-state index contributed by atoms with van der Waals surface area (Å²) in [6.07, 6.45) is 0.680. The van der Waals surface area contributed by atoms with Crippen LogP contribution in [0, 0.1) is 10.1 Å². The van der Waals surface area contributed by atoms with Crippen molar-refractivity contribution in [3.05, 3.63) is 10.1 Å². The first-order chi connectivity index (χ1) is 5.11. The van der Waals surface area contributed by atoms with Crippen LogP contribution in [-0.4, -0.2) is 21.9 Å². The van der Waals surface area contributed by atoms with Crippen LogP contribution in [-0.2, 0) is 0 Å². The van der Waals surface area contributed by atoms with E-state index in [2.05, 4.69) is 5.16 Å². The van der Waals surface area contributed by atoms with Gasteiger partial charge in [0, 0.05) is 11.3 Å². The average Bonchev–Trinajstić information content (AvgIpc) is 1.99. The molecule has 1 unspecified atom stereocenters. The van der Waals surface area contributed by atoms with Gasteiger partial charge in [0.1, 0.15) is 0 Å². The minimum Gasteiger partial charge on any atom is -0.411 e. The zero-order chi connectivity index (χ0) is 8.85. The number of rotatable bonds is 4. The van der Waals surface area contributed by atoms with E-state index in [1.165, 1.54) is 0 Å². The molecule has 0 aromatic carbocycles. The van der Waals surface area contributed by atoms with E-state index in [0.29, 0.717) is 12.1 Å². The average molecular weight is 160 g/mol. The van der Waals surface area contributed by atoms with Gasteiger partial charge in [0.05, 0.1) is 12.1 Å². The highest BCUT2D eigenvalue weighted by Crippen LogP contribution is 2.03. The summed E-state index contributed by atoms with van der Waals surface area (Å²) in [6, 6.07) is -0.620. The summed E-state index contributed by atoms with van der Waals surface area (Å²) in [5.74, 6) is 0. The van der Waals surface area contributed by atoms with Gasteiger partial charge in [-0.1, -0.05) is 12.1 Å². The molecule has 0 aliphatic rings. The van der Waals surface area contributed by atoms with E-state index in [9.17, 15) is 10.1 Å². The van der Waals surface area contributed by atoms with Crippen molar-refractivity contribution in [3.63, 3.8) is 0 Å². The molecule has 0 aromatic heterocycles. The fourth-order valence-electron chi connectivity index (χ4n) is 0.750. The number of nitrogens with zero attached hydrogens (tertiary/aromatic N) is 2. The molecule has 0 amide bonds. The molecule has 1 atom stereocenters. The number of oxime groups is 1. The highest BCUT2D eigenvalue weighted by atomic mass is 16.6. The molecule has 1 N–H and O–H groups in total. The van der Waals surface area contributed by atoms with Crippen molar-refractivity contribution < 1.29 is 10.1 Å². The summed E-state index contributed by atoms with van der Waals surface area (Å²) >= 11 is 0. The summed E-state index contributed by atoms with van der Waals surface area (Å²) in [5.41, 5.74) is 0.397. The van der Waals surface area contributed by atoms with E-state index in [1.807, 2.05) is 0 Å². The Hall–Kier alpha value is -1.13. The Bertz CT molecular complexity index is 167. The van der Waals surface area contributed by atoms with Crippen LogP contribution in [0.1, 0.15) is 26.7 Å². The van der Waals surface area contributed by atoms with Crippen molar-refractivity contribution in [2.24, 2.45) is 5.16 Å². The molecule has 0 saturated heterocycles. The maximum absolute atomic E-state index is 10.3. The van der Waals surface area contributed by atoms with Gasteiger partial charge in [-0.3, -0.25) is 10.1 Å². The third kappa shape index (κ3) is 3.54. The predicted molar refractivity (Wildman–Crippen MR) is 40.6 cm³/mol. The Balaban J connectivity index is 3.98. The molecule has 0 fully saturated rings. The van der Waals surface area contributed by atoms with Crippen molar-refractivity contribution >= 4 is 5.71 Å². The molecular weight excluding hydrogens is 148 g/mol. The molecule has 0 aliphatic carbocycles. The Morgan fingerprint density at radius 2 is 2.36 bits per heavy atom. The van der Waals surface area contributed by atoms with Crippen LogP contribution in [0.3, 0.4) is 0 Å². The second-order valence-corrected chi connectivity index (χ2v) is 2.39. The Kier molecular flexibility index (Phi) is 4.17. The van der Waals surface area contributed by atoms with E-state index >= 15 is 0 Å². The van der Waals surface area contributed by atoms with Gasteiger partial charge >= 0.3 is 0 Å². The molecule has 0 bridgehead atoms. The van der Waals surface area contributed by atoms with Crippen LogP contribution in [0.15, 0.2) is 5.16 Å². The van der Waals surface area contributed by atoms with Crippen LogP contribution < -0.4 is 0 Å². The third-order valence-electron chi connectivity index (χ3n) is 1.47. The smallest absolute Gasteiger partial charge is 0.218 e. The zero-order valence-electron chi connectivity index (χ0n) is 6.65. The predicted octanol–water partition coefficient (Wildman–Crippen LogP) is 1.28. The van der Waals surface area contributed by atoms with E-state index in [1.54, 1.807) is 13.8 Å². The van der Waals surface area contributed by atoms with Crippen molar-refractivity contribution in [2.45, 2.75) is 32.7 Å². The number of nitro groups is 1. The summed E-state index contributed by atoms with van der Waals surface area (Å²) in [6.45, 7) is 3.30. The lowest BCUT2D eigenvalue weighted by Crippen LogP contribution is -2.21. The second-order valence-electron chi connectivity index (χ2n) is 2.39. The van der Waals surface area contributed by atoms with Gasteiger partial charge in [-0.15, -0.1) is 0 Å². The Labute approximate surface area is 64.9 Å². The molecule has 0 heterocycles. The highest BCUT2D eigenvalue weighted by Gasteiger charge is 2.18. The van der Waals surface area contributed by atoms with Crippen molar-refractivity contribution in [1.29, 1.82) is 0 Å². The molecule has 0 saturated carbocycles. The van der Waals surface area contributed by atoms with Crippen molar-refractivity contribution in [3.8, 4) is 0 Å². The van der Waals surface area contributed by atoms with Gasteiger partial charge in [0.15, 0.2) is 0 Å². The lowest BCUT2D eigenvalue weighted by atomic mass is 10.1. The van der Waals surface area contributed by atoms with Gasteiger partial charge < -0.3 is 5.21 Å². The van der Waals surface area contributed by atoms with Crippen LogP contribution in [0.5, 0.6) is 0 Å². The third-order valence-corrected chi connectivity index (χ3v) is 1.47. The fraction of sp³-hybridized carbons (Fsp3) is 0.833. The van der Waals surface area contributed by atoms with E-state index in [0.717, 1.165) is 0 Å². The molecule has 64 valence electrons. The molecule has 11 heavy (non-hydrogen) atoms. The van der Waals surface area contributed by atoms with Gasteiger partial charge in [-0.2, -0.15) is 0 Å². The monoisotopic (exact) mass is 160 g/mol. The highest BCUT2D eigenvalue weighted by molar-refractivity contribution is 5.81. The molecule has 5 nitrogen and oxygen atoms in total. The number of hydrogen-bond acceptors (Lipinski definition) is 4. The minimum absolute atomic E-state index is 0.222. The van der Waals surface area contributed by atoms with E-state index < -0.39 is 6.04 Å². The zero-order valence-corrected chi connectivity index (χ0v) is 6.65. The van der Waals surface area contributed by atoms with Crippen LogP contribution in [0.25, 0.3) is 0 Å². The SMILES string of the molecule is CCC(CC(C)=NO)[N+](=O)[O-]. The summed E-state index contributed by atoms with van der Waals surface area (Å²) < 4.78 is 0. The molecule has 0 rings (SSSR count). The standard InChI is InChI=1S/C6H12N2O3/c1-3-6(8(10)11)4-5(2)7-9/h6,9H,3-4H2,1-2H3. The molecule has 0 spiro atoms. The lowest BCUT2D eigenvalue weighted by molar-refractivity contribution is -0.521. The van der Waals surface area contributed by atoms with Crippen molar-refractivity contribution in [2.75, 3.05) is 0 Å². The van der Waals surface area contributed by atoms with Crippen LogP contribution in [0.4, 0.5) is 0 Å². The maximum Gasteiger partial charge on any atom is 0.218 e. The quantitative estimate of drug-likeness (QED) is 0.291. The van der Waals surface area contributed by atoms with Crippen LogP contribution in [0.2, 0.25) is 0 Å². The minimum atomic E-state index is -0.620. The molecule has 0 aromatic rings. The summed E-state index contributed by atoms with van der Waals surface area (Å²) in [7, 11) is 0. The van der Waals surface area contributed by atoms with Gasteiger partial charge in [-0.25, -0.2) is 0 Å². The normalized spacial score (nSPS) is 14.5. The summed E-state index contributed by atoms with van der Waals surface area (Å²) in [5, 5.41) is 21.3. The van der Waals surface area contributed by atoms with Gasteiger partial charge in [-0.05, 0) is 6.92 Å². The molecule has 0 aliphatic heterocycles. The topological polar surface area (TPSA) is 75.7 Å². The first-order valence-electron chi connectivity index (χ1n) is 3.42. The Morgan fingerprint density at radius 3 is 2.64 bits per heavy atom. The summed E-state index contributed by atoms with van der Waals surface area (Å²) in [4.78, 5) is 9.90. The largest absolute Gasteiger partial charge is 0.411 e. The molecular formula is C6H12N2O3. The van der Waals surface area contributed by atoms with Crippen LogP contribution >= 0.6 is 0 Å². The lowest BCUT2D eigenvalue weighted by Gasteiger charge is -2.04. The first-order valence-corrected chi connectivity index (χ1v) is 3.42. The van der Waals surface area contributed by atoms with Crippen molar-refractivity contribution in [1.82, 2.24) is 0 Å². The second kappa shape index (κ2) is 4.65.